The second-order valence-electron chi connectivity index (χ2n) is 2.82. The summed E-state index contributed by atoms with van der Waals surface area (Å²) in [4.78, 5) is 21.8. The molecule has 0 aliphatic heterocycles. The van der Waals surface area contributed by atoms with Crippen molar-refractivity contribution < 1.29 is 9.59 Å². The van der Waals surface area contributed by atoms with Crippen LogP contribution >= 0.6 is 0 Å². The highest BCUT2D eigenvalue weighted by atomic mass is 16.2. The maximum Gasteiger partial charge on any atom is 0.223 e. The molecule has 2 N–H and O–H groups in total. The van der Waals surface area contributed by atoms with Gasteiger partial charge in [0.05, 0.1) is 0 Å². The molecule has 0 radical (unpaired) electrons. The normalized spacial score (nSPS) is 22.7. The van der Waals surface area contributed by atoms with Gasteiger partial charge in [-0.25, -0.2) is 0 Å². The Kier molecular flexibility index (Phi) is 1.04. The molecule has 2 aliphatic rings. The third-order valence-corrected chi connectivity index (χ3v) is 1.98. The van der Waals surface area contributed by atoms with Crippen LogP contribution in [-0.4, -0.2) is 11.6 Å². The molecule has 0 amide bonds. The Balaban J connectivity index is 2.41. The lowest BCUT2D eigenvalue weighted by molar-refractivity contribution is -0.133. The molecular weight excluding hydrogens is 142 g/mol. The van der Waals surface area contributed by atoms with Gasteiger partial charge in [-0.15, -0.1) is 0 Å². The molecule has 56 valence electrons. The number of Topliss-reactive ketones (excluding diaryl/α,β-unsaturated/α-hetero) is 1. The Morgan fingerprint density at radius 3 is 2.73 bits per heavy atom. The van der Waals surface area contributed by atoms with Gasteiger partial charge in [-0.1, -0.05) is 5.57 Å². The average molecular weight is 149 g/mol. The molecule has 0 atom stereocenters. The lowest BCUT2D eigenvalue weighted by atomic mass is 10.1. The first-order valence-electron chi connectivity index (χ1n) is 3.44. The summed E-state index contributed by atoms with van der Waals surface area (Å²) in [5.74, 6) is -0.801. The molecule has 2 rings (SSSR count). The zero-order valence-electron chi connectivity index (χ0n) is 5.89. The second-order valence-corrected chi connectivity index (χ2v) is 2.82. The minimum Gasteiger partial charge on any atom is -0.398 e. The minimum atomic E-state index is -0.463. The molecule has 0 aromatic rings. The van der Waals surface area contributed by atoms with Crippen LogP contribution < -0.4 is 5.73 Å². The van der Waals surface area contributed by atoms with Gasteiger partial charge in [0, 0.05) is 18.2 Å². The van der Waals surface area contributed by atoms with E-state index in [0.29, 0.717) is 5.70 Å². The Morgan fingerprint density at radius 2 is 2.00 bits per heavy atom. The summed E-state index contributed by atoms with van der Waals surface area (Å²) in [5, 5.41) is 0. The van der Waals surface area contributed by atoms with Crippen LogP contribution in [0.5, 0.6) is 0 Å². The van der Waals surface area contributed by atoms with Crippen molar-refractivity contribution in [3.63, 3.8) is 0 Å². The first-order chi connectivity index (χ1) is 5.18. The van der Waals surface area contributed by atoms with Crippen molar-refractivity contribution in [3.8, 4) is 0 Å². The zero-order valence-corrected chi connectivity index (χ0v) is 5.89. The fourth-order valence-electron chi connectivity index (χ4n) is 1.23. The third kappa shape index (κ3) is 0.888. The molecule has 0 saturated carbocycles. The van der Waals surface area contributed by atoms with Gasteiger partial charge in [0.25, 0.3) is 0 Å². The number of carbonyl (C=O) groups excluding carboxylic acids is 2. The van der Waals surface area contributed by atoms with E-state index in [0.717, 1.165) is 17.6 Å². The van der Waals surface area contributed by atoms with Gasteiger partial charge in [-0.2, -0.15) is 0 Å². The summed E-state index contributed by atoms with van der Waals surface area (Å²) in [6.45, 7) is 0. The van der Waals surface area contributed by atoms with E-state index < -0.39 is 5.78 Å². The van der Waals surface area contributed by atoms with Crippen LogP contribution in [0.2, 0.25) is 0 Å². The number of hydrogen-bond donors (Lipinski definition) is 1. The van der Waals surface area contributed by atoms with Crippen LogP contribution in [0.15, 0.2) is 22.9 Å². The van der Waals surface area contributed by atoms with Gasteiger partial charge in [0.1, 0.15) is 0 Å². The first kappa shape index (κ1) is 6.34. The molecule has 2 aliphatic carbocycles. The van der Waals surface area contributed by atoms with E-state index in [1.165, 1.54) is 6.08 Å². The molecule has 0 aromatic carbocycles. The van der Waals surface area contributed by atoms with Gasteiger partial charge in [-0.05, 0) is 12.0 Å². The summed E-state index contributed by atoms with van der Waals surface area (Å²) >= 11 is 0. The van der Waals surface area contributed by atoms with Crippen molar-refractivity contribution in [2.24, 2.45) is 5.73 Å². The largest absolute Gasteiger partial charge is 0.398 e. The fraction of sp³-hybridized carbons (Fsp3) is 0.250. The Bertz CT molecular complexity index is 323. The van der Waals surface area contributed by atoms with Gasteiger partial charge in [-0.3, -0.25) is 9.59 Å². The van der Waals surface area contributed by atoms with E-state index in [2.05, 4.69) is 0 Å². The van der Waals surface area contributed by atoms with Crippen LogP contribution in [0.3, 0.4) is 0 Å². The highest BCUT2D eigenvalue weighted by Crippen LogP contribution is 2.38. The van der Waals surface area contributed by atoms with E-state index in [1.807, 2.05) is 0 Å². The van der Waals surface area contributed by atoms with Crippen molar-refractivity contribution in [1.82, 2.24) is 0 Å². The van der Waals surface area contributed by atoms with E-state index in [4.69, 9.17) is 5.73 Å². The predicted molar refractivity (Wildman–Crippen MR) is 38.5 cm³/mol. The van der Waals surface area contributed by atoms with Crippen LogP contribution in [0.4, 0.5) is 0 Å². The van der Waals surface area contributed by atoms with Gasteiger partial charge in [0.2, 0.25) is 11.6 Å². The second kappa shape index (κ2) is 1.81. The number of carbonyl (C=O) groups is 2. The molecule has 0 saturated heterocycles. The fourth-order valence-corrected chi connectivity index (χ4v) is 1.23. The highest BCUT2D eigenvalue weighted by Gasteiger charge is 2.30. The quantitative estimate of drug-likeness (QED) is 0.496. The summed E-state index contributed by atoms with van der Waals surface area (Å²) in [6.07, 6.45) is 2.34. The minimum absolute atomic E-state index is 0.283. The topological polar surface area (TPSA) is 60.2 Å². The van der Waals surface area contributed by atoms with Crippen molar-refractivity contribution >= 4 is 11.6 Å². The Morgan fingerprint density at radius 1 is 1.27 bits per heavy atom. The summed E-state index contributed by atoms with van der Waals surface area (Å²) in [7, 11) is 0. The average Bonchev–Trinajstić information content (AvgIpc) is 2.66. The van der Waals surface area contributed by atoms with Gasteiger partial charge >= 0.3 is 0 Å². The van der Waals surface area contributed by atoms with Gasteiger partial charge < -0.3 is 5.73 Å². The Hall–Kier alpha value is -1.38. The number of rotatable bonds is 0. The summed E-state index contributed by atoms with van der Waals surface area (Å²) < 4.78 is 0. The molecule has 3 nitrogen and oxygen atoms in total. The van der Waals surface area contributed by atoms with Crippen molar-refractivity contribution in [2.75, 3.05) is 0 Å². The van der Waals surface area contributed by atoms with Crippen LogP contribution in [0.1, 0.15) is 12.8 Å². The van der Waals surface area contributed by atoms with Crippen molar-refractivity contribution in [3.05, 3.63) is 22.9 Å². The summed E-state index contributed by atoms with van der Waals surface area (Å²) in [5.41, 5.74) is 8.03. The first-order valence-corrected chi connectivity index (χ1v) is 3.44. The maximum absolute atomic E-state index is 10.9. The van der Waals surface area contributed by atoms with Crippen molar-refractivity contribution in [1.29, 1.82) is 0 Å². The molecule has 3 heteroatoms. The SMILES string of the molecule is NC1=CC(=O)C(=O)CC2=C1C2. The molecular formula is C8H7NO2. The smallest absolute Gasteiger partial charge is 0.223 e. The van der Waals surface area contributed by atoms with E-state index in [-0.39, 0.29) is 12.2 Å². The lowest BCUT2D eigenvalue weighted by Gasteiger charge is -1.91. The van der Waals surface area contributed by atoms with E-state index >= 15 is 0 Å². The third-order valence-electron chi connectivity index (χ3n) is 1.98. The number of allylic oxidation sites excluding steroid dienone is 3. The van der Waals surface area contributed by atoms with E-state index in [1.54, 1.807) is 0 Å². The molecule has 0 heterocycles. The van der Waals surface area contributed by atoms with Gasteiger partial charge in [0.15, 0.2) is 0 Å². The molecule has 11 heavy (non-hydrogen) atoms. The number of ketones is 2. The number of hydrogen-bond acceptors (Lipinski definition) is 3. The van der Waals surface area contributed by atoms with Crippen LogP contribution in [-0.2, 0) is 9.59 Å². The Labute approximate surface area is 63.6 Å². The zero-order chi connectivity index (χ0) is 8.01. The lowest BCUT2D eigenvalue weighted by Crippen LogP contribution is -2.11. The molecule has 0 unspecified atom stereocenters. The number of nitrogens with two attached hydrogens (primary N) is 1. The standard InChI is InChI=1S/C8H7NO2/c9-6-3-8(11)7(10)2-4-1-5(4)6/h3H,1-2,9H2. The monoisotopic (exact) mass is 149 g/mol. The van der Waals surface area contributed by atoms with Crippen LogP contribution in [0, 0.1) is 0 Å². The predicted octanol–water partition coefficient (Wildman–Crippen LogP) is 0.0712. The van der Waals surface area contributed by atoms with Crippen LogP contribution in [0.25, 0.3) is 0 Å². The molecule has 0 bridgehead atoms. The molecule has 0 aromatic heterocycles. The molecule has 0 spiro atoms. The maximum atomic E-state index is 10.9. The van der Waals surface area contributed by atoms with Crippen molar-refractivity contribution in [2.45, 2.75) is 12.8 Å². The van der Waals surface area contributed by atoms with E-state index in [9.17, 15) is 9.59 Å². The summed E-state index contributed by atoms with van der Waals surface area (Å²) in [6, 6.07) is 0. The highest BCUT2D eigenvalue weighted by molar-refractivity contribution is 6.42. The molecule has 0 fully saturated rings.